The smallest absolute Gasteiger partial charge is 1.00 e. The van der Waals surface area contributed by atoms with Gasteiger partial charge in [-0.2, -0.15) is 0 Å². The zero-order valence-electron chi connectivity index (χ0n) is 10.8. The van der Waals surface area contributed by atoms with Crippen LogP contribution in [0.4, 0.5) is 0 Å². The molecule has 0 aliphatic rings. The standard InChI is InChI=1S/C12H16O3.K.H/c1-2-6-10(9-13)12(14)15-11-7-4-3-5-8-11;;/h3-5,7-8,10,13H,2,6,9H2,1H3;;/q;+1;-1. The van der Waals surface area contributed by atoms with Crippen molar-refractivity contribution in [2.24, 2.45) is 5.92 Å². The van der Waals surface area contributed by atoms with E-state index in [1.165, 1.54) is 0 Å². The van der Waals surface area contributed by atoms with Crippen molar-refractivity contribution in [1.29, 1.82) is 0 Å². The molecule has 16 heavy (non-hydrogen) atoms. The minimum Gasteiger partial charge on any atom is -1.00 e. The zero-order valence-corrected chi connectivity index (χ0v) is 13.0. The molecular formula is C12H17KO3. The summed E-state index contributed by atoms with van der Waals surface area (Å²) in [5.74, 6) is -0.238. The van der Waals surface area contributed by atoms with Crippen molar-refractivity contribution in [2.75, 3.05) is 6.61 Å². The Morgan fingerprint density at radius 1 is 1.44 bits per heavy atom. The molecule has 1 unspecified atom stereocenters. The van der Waals surface area contributed by atoms with E-state index >= 15 is 0 Å². The first-order valence-corrected chi connectivity index (χ1v) is 5.15. The molecule has 0 bridgehead atoms. The topological polar surface area (TPSA) is 46.5 Å². The molecule has 0 heterocycles. The molecule has 0 saturated heterocycles. The fourth-order valence-corrected chi connectivity index (χ4v) is 1.32. The SMILES string of the molecule is CCCC(CO)C(=O)Oc1ccccc1.[H-].[K+]. The first kappa shape index (κ1) is 16.3. The number of carbonyl (C=O) groups excluding carboxylic acids is 1. The Hall–Kier alpha value is 0.286. The van der Waals surface area contributed by atoms with Gasteiger partial charge in [-0.3, -0.25) is 4.79 Å². The van der Waals surface area contributed by atoms with Crippen molar-refractivity contribution in [3.8, 4) is 5.75 Å². The third-order valence-corrected chi connectivity index (χ3v) is 2.15. The number of aliphatic hydroxyl groups is 1. The minimum atomic E-state index is -0.407. The second kappa shape index (κ2) is 9.33. The Kier molecular flexibility index (Phi) is 9.50. The Balaban J connectivity index is 0. The number of ether oxygens (including phenoxy) is 1. The maximum absolute atomic E-state index is 11.6. The van der Waals surface area contributed by atoms with Gasteiger partial charge >= 0.3 is 57.4 Å². The molecule has 1 N–H and O–H groups in total. The molecule has 1 atom stereocenters. The largest absolute Gasteiger partial charge is 1.00 e. The molecule has 0 fully saturated rings. The quantitative estimate of drug-likeness (QED) is 0.418. The van der Waals surface area contributed by atoms with E-state index in [1.54, 1.807) is 24.3 Å². The fraction of sp³-hybridized carbons (Fsp3) is 0.417. The summed E-state index contributed by atoms with van der Waals surface area (Å²) in [4.78, 5) is 11.6. The van der Waals surface area contributed by atoms with Crippen LogP contribution in [0, 0.1) is 5.92 Å². The molecule has 0 spiro atoms. The van der Waals surface area contributed by atoms with Crippen LogP contribution in [0.3, 0.4) is 0 Å². The first-order valence-electron chi connectivity index (χ1n) is 5.15. The van der Waals surface area contributed by atoms with Gasteiger partial charge in [0.05, 0.1) is 12.5 Å². The molecule has 0 amide bonds. The van der Waals surface area contributed by atoms with E-state index in [4.69, 9.17) is 9.84 Å². The third kappa shape index (κ3) is 5.57. The number of hydrogen-bond donors (Lipinski definition) is 1. The summed E-state index contributed by atoms with van der Waals surface area (Å²) in [5.41, 5.74) is 0. The average Bonchev–Trinajstić information content (AvgIpc) is 2.27. The molecule has 1 aromatic carbocycles. The van der Waals surface area contributed by atoms with Crippen LogP contribution in [0.15, 0.2) is 30.3 Å². The first-order chi connectivity index (χ1) is 7.27. The summed E-state index contributed by atoms with van der Waals surface area (Å²) in [6, 6.07) is 8.90. The van der Waals surface area contributed by atoms with E-state index in [2.05, 4.69) is 0 Å². The van der Waals surface area contributed by atoms with E-state index in [9.17, 15) is 4.79 Å². The van der Waals surface area contributed by atoms with Crippen LogP contribution >= 0.6 is 0 Å². The number of esters is 1. The molecule has 0 radical (unpaired) electrons. The molecule has 0 saturated carbocycles. The van der Waals surface area contributed by atoms with Crippen LogP contribution in [-0.4, -0.2) is 17.7 Å². The van der Waals surface area contributed by atoms with E-state index in [1.807, 2.05) is 13.0 Å². The van der Waals surface area contributed by atoms with E-state index < -0.39 is 5.92 Å². The number of rotatable bonds is 5. The second-order valence-electron chi connectivity index (χ2n) is 3.40. The van der Waals surface area contributed by atoms with E-state index in [-0.39, 0.29) is 65.4 Å². The van der Waals surface area contributed by atoms with Crippen molar-refractivity contribution in [3.05, 3.63) is 30.3 Å². The van der Waals surface area contributed by atoms with Crippen molar-refractivity contribution < 1.29 is 67.4 Å². The maximum Gasteiger partial charge on any atom is 1.00 e. The van der Waals surface area contributed by atoms with Crippen molar-refractivity contribution in [3.63, 3.8) is 0 Å². The molecule has 0 aliphatic heterocycles. The summed E-state index contributed by atoms with van der Waals surface area (Å²) in [6.45, 7) is 1.82. The van der Waals surface area contributed by atoms with Gasteiger partial charge < -0.3 is 11.3 Å². The number of para-hydroxylation sites is 1. The average molecular weight is 248 g/mol. The Morgan fingerprint density at radius 3 is 2.56 bits per heavy atom. The van der Waals surface area contributed by atoms with Gasteiger partial charge in [-0.05, 0) is 18.6 Å². The van der Waals surface area contributed by atoms with Gasteiger partial charge in [-0.15, -0.1) is 0 Å². The number of carbonyl (C=O) groups is 1. The van der Waals surface area contributed by atoms with Gasteiger partial charge in [0.15, 0.2) is 0 Å². The monoisotopic (exact) mass is 248 g/mol. The molecule has 1 rings (SSSR count). The fourth-order valence-electron chi connectivity index (χ4n) is 1.32. The molecule has 0 aliphatic carbocycles. The third-order valence-electron chi connectivity index (χ3n) is 2.15. The number of aliphatic hydroxyl groups excluding tert-OH is 1. The van der Waals surface area contributed by atoms with Crippen molar-refractivity contribution >= 4 is 5.97 Å². The molecule has 0 aromatic heterocycles. The van der Waals surface area contributed by atoms with Crippen LogP contribution in [0.1, 0.15) is 21.2 Å². The summed E-state index contributed by atoms with van der Waals surface area (Å²) in [5, 5.41) is 9.00. The summed E-state index contributed by atoms with van der Waals surface area (Å²) in [7, 11) is 0. The van der Waals surface area contributed by atoms with Gasteiger partial charge in [-0.1, -0.05) is 31.5 Å². The van der Waals surface area contributed by atoms with Gasteiger partial charge in [-0.25, -0.2) is 0 Å². The second-order valence-corrected chi connectivity index (χ2v) is 3.40. The number of hydrogen-bond acceptors (Lipinski definition) is 3. The molecule has 3 nitrogen and oxygen atoms in total. The van der Waals surface area contributed by atoms with Gasteiger partial charge in [0, 0.05) is 0 Å². The van der Waals surface area contributed by atoms with Gasteiger partial charge in [0.1, 0.15) is 5.75 Å². The van der Waals surface area contributed by atoms with Crippen LogP contribution in [0.5, 0.6) is 5.75 Å². The summed E-state index contributed by atoms with van der Waals surface area (Å²) >= 11 is 0. The Labute approximate surface area is 140 Å². The number of benzene rings is 1. The van der Waals surface area contributed by atoms with E-state index in [0.29, 0.717) is 12.2 Å². The molecule has 4 heteroatoms. The van der Waals surface area contributed by atoms with E-state index in [0.717, 1.165) is 6.42 Å². The predicted molar refractivity (Wildman–Crippen MR) is 58.7 cm³/mol. The normalized spacial score (nSPS) is 11.4. The predicted octanol–water partition coefficient (Wildman–Crippen LogP) is -0.883. The van der Waals surface area contributed by atoms with Crippen molar-refractivity contribution in [1.82, 2.24) is 0 Å². The van der Waals surface area contributed by atoms with Crippen molar-refractivity contribution in [2.45, 2.75) is 19.8 Å². The van der Waals surface area contributed by atoms with Gasteiger partial charge in [0.25, 0.3) is 0 Å². The van der Waals surface area contributed by atoms with Crippen LogP contribution in [0.2, 0.25) is 0 Å². The van der Waals surface area contributed by atoms with Crippen LogP contribution < -0.4 is 56.1 Å². The maximum atomic E-state index is 11.6. The molecule has 1 aromatic rings. The minimum absolute atomic E-state index is 0. The Morgan fingerprint density at radius 2 is 2.06 bits per heavy atom. The Bertz CT molecular complexity index is 306. The molecule has 84 valence electrons. The zero-order chi connectivity index (χ0) is 11.1. The van der Waals surface area contributed by atoms with Crippen LogP contribution in [-0.2, 0) is 4.79 Å². The molecular weight excluding hydrogens is 231 g/mol. The van der Waals surface area contributed by atoms with Gasteiger partial charge in [0.2, 0.25) is 0 Å². The van der Waals surface area contributed by atoms with Crippen LogP contribution in [0.25, 0.3) is 0 Å². The summed E-state index contributed by atoms with van der Waals surface area (Å²) < 4.78 is 5.12. The summed E-state index contributed by atoms with van der Waals surface area (Å²) in [6.07, 6.45) is 1.51.